The van der Waals surface area contributed by atoms with Crippen molar-refractivity contribution in [3.8, 4) is 0 Å². The van der Waals surface area contributed by atoms with Crippen LogP contribution in [-0.4, -0.2) is 30.9 Å². The molecule has 10 nitrogen and oxygen atoms in total. The lowest BCUT2D eigenvalue weighted by Crippen LogP contribution is -2.30. The minimum absolute atomic E-state index is 0.224. The number of benzene rings is 1. The van der Waals surface area contributed by atoms with Crippen molar-refractivity contribution in [1.82, 2.24) is 10.8 Å². The first-order chi connectivity index (χ1) is 15.2. The molecule has 0 spiro atoms. The molecule has 0 bridgehead atoms. The molecule has 1 rings (SSSR count). The van der Waals surface area contributed by atoms with Crippen molar-refractivity contribution in [2.75, 3.05) is 12.4 Å². The van der Waals surface area contributed by atoms with E-state index in [1.807, 2.05) is 12.1 Å². The topological polar surface area (TPSA) is 146 Å². The molecule has 6 N–H and O–H groups in total. The average Bonchev–Trinajstić information content (AvgIpc) is 2.74. The van der Waals surface area contributed by atoms with E-state index >= 15 is 0 Å². The number of nitrogens with one attached hydrogen (secondary N) is 4. The molecule has 0 atom stereocenters. The fourth-order valence-corrected chi connectivity index (χ4v) is 2.38. The van der Waals surface area contributed by atoms with Crippen LogP contribution in [0.2, 0.25) is 0 Å². The SMILES string of the molecule is C=C(/N=C(NC(C)=O)\C(C=N)=C/C)Nc1ccc(/C(=C/C(=C)ON)N=C(C)ONC)cc1. The fourth-order valence-electron chi connectivity index (χ4n) is 2.38. The highest BCUT2D eigenvalue weighted by Crippen LogP contribution is 2.21. The van der Waals surface area contributed by atoms with Crippen LogP contribution >= 0.6 is 0 Å². The zero-order chi connectivity index (χ0) is 24.1. The van der Waals surface area contributed by atoms with Gasteiger partial charge in [0.05, 0.1) is 5.70 Å². The Kier molecular flexibility index (Phi) is 10.8. The maximum atomic E-state index is 11.5. The molecule has 0 aromatic heterocycles. The Labute approximate surface area is 187 Å². The van der Waals surface area contributed by atoms with Gasteiger partial charge in [0.2, 0.25) is 11.8 Å². The zero-order valence-corrected chi connectivity index (χ0v) is 18.7. The van der Waals surface area contributed by atoms with E-state index in [1.54, 1.807) is 45.2 Å². The fraction of sp³-hybridized carbons (Fsp3) is 0.182. The van der Waals surface area contributed by atoms with Gasteiger partial charge < -0.3 is 25.7 Å². The monoisotopic (exact) mass is 439 g/mol. The predicted molar refractivity (Wildman–Crippen MR) is 129 cm³/mol. The summed E-state index contributed by atoms with van der Waals surface area (Å²) in [5.41, 5.74) is 4.97. The van der Waals surface area contributed by atoms with Gasteiger partial charge in [-0.05, 0) is 19.1 Å². The van der Waals surface area contributed by atoms with Crippen molar-refractivity contribution >= 4 is 35.2 Å². The third kappa shape index (κ3) is 8.78. The molecule has 1 amide bonds. The Bertz CT molecular complexity index is 974. The minimum Gasteiger partial charge on any atom is -0.412 e. The number of allylic oxidation sites excluding steroid dienone is 2. The second-order valence-corrected chi connectivity index (χ2v) is 6.23. The largest absolute Gasteiger partial charge is 0.412 e. The van der Waals surface area contributed by atoms with Gasteiger partial charge in [-0.1, -0.05) is 31.4 Å². The highest BCUT2D eigenvalue weighted by atomic mass is 16.6. The summed E-state index contributed by atoms with van der Waals surface area (Å²) in [6.07, 6.45) is 4.34. The molecule has 0 saturated heterocycles. The molecule has 10 heteroatoms. The molecule has 0 saturated carbocycles. The van der Waals surface area contributed by atoms with Gasteiger partial charge in [-0.3, -0.25) is 4.79 Å². The summed E-state index contributed by atoms with van der Waals surface area (Å²) in [4.78, 5) is 29.9. The molecule has 170 valence electrons. The van der Waals surface area contributed by atoms with Crippen molar-refractivity contribution in [1.29, 1.82) is 5.41 Å². The number of hydroxylamine groups is 1. The second kappa shape index (κ2) is 13.3. The number of nitrogens with zero attached hydrogens (tertiary/aromatic N) is 2. The maximum Gasteiger partial charge on any atom is 0.222 e. The molecule has 0 fully saturated rings. The number of hydrogen-bond acceptors (Lipinski definition) is 9. The van der Waals surface area contributed by atoms with Crippen molar-refractivity contribution < 1.29 is 14.5 Å². The third-order valence-electron chi connectivity index (χ3n) is 3.73. The Balaban J connectivity index is 3.13. The van der Waals surface area contributed by atoms with Crippen molar-refractivity contribution in [2.45, 2.75) is 20.8 Å². The normalized spacial score (nSPS) is 12.7. The van der Waals surface area contributed by atoms with E-state index in [0.717, 1.165) is 11.8 Å². The summed E-state index contributed by atoms with van der Waals surface area (Å²) in [6, 6.07) is 7.22. The van der Waals surface area contributed by atoms with Gasteiger partial charge in [-0.15, -0.1) is 0 Å². The summed E-state index contributed by atoms with van der Waals surface area (Å²) in [5.74, 6) is 5.97. The number of rotatable bonds is 10. The first-order valence-corrected chi connectivity index (χ1v) is 9.50. The number of carbonyl (C=O) groups is 1. The molecule has 0 aliphatic rings. The number of nitrogens with two attached hydrogens (primary N) is 1. The first kappa shape index (κ1) is 26.0. The van der Waals surface area contributed by atoms with Gasteiger partial charge in [0, 0.05) is 50.0 Å². The van der Waals surface area contributed by atoms with Crippen LogP contribution in [-0.2, 0) is 14.5 Å². The van der Waals surface area contributed by atoms with Gasteiger partial charge >= 0.3 is 0 Å². The molecule has 1 aromatic carbocycles. The number of hydrogen-bond donors (Lipinski definition) is 5. The van der Waals surface area contributed by atoms with E-state index in [9.17, 15) is 4.79 Å². The van der Waals surface area contributed by atoms with E-state index in [0.29, 0.717) is 22.9 Å². The van der Waals surface area contributed by atoms with Gasteiger partial charge in [-0.2, -0.15) is 11.4 Å². The van der Waals surface area contributed by atoms with Crippen molar-refractivity contribution in [3.63, 3.8) is 0 Å². The number of amides is 1. The van der Waals surface area contributed by atoms with Crippen LogP contribution in [0.5, 0.6) is 0 Å². The van der Waals surface area contributed by atoms with Crippen LogP contribution in [0.3, 0.4) is 0 Å². The van der Waals surface area contributed by atoms with Crippen LogP contribution in [0.4, 0.5) is 5.69 Å². The maximum absolute atomic E-state index is 11.5. The smallest absolute Gasteiger partial charge is 0.222 e. The molecule has 1 aromatic rings. The summed E-state index contributed by atoms with van der Waals surface area (Å²) >= 11 is 0. The standard InChI is InChI=1S/C22H29N7O3/c1-7-18(13-23)22(28-16(4)30)27-15(3)26-20-10-8-19(9-11-20)21(12-14(2)31-24)29-17(5)32-25-6/h7-13,23,25-26H,2-3,24H2,1,4-6H3,(H,27,28,30)/b18-7-,21-12-,23-13?,29-17?. The Morgan fingerprint density at radius 2 is 1.84 bits per heavy atom. The number of aliphatic imine (C=N–C) groups is 2. The van der Waals surface area contributed by atoms with E-state index < -0.39 is 0 Å². The predicted octanol–water partition coefficient (Wildman–Crippen LogP) is 3.01. The summed E-state index contributed by atoms with van der Waals surface area (Å²) in [7, 11) is 1.62. The quantitative estimate of drug-likeness (QED) is 0.124. The van der Waals surface area contributed by atoms with Gasteiger partial charge in [0.15, 0.2) is 0 Å². The number of amidine groups is 1. The van der Waals surface area contributed by atoms with Crippen molar-refractivity contribution in [2.24, 2.45) is 15.9 Å². The Morgan fingerprint density at radius 3 is 2.34 bits per heavy atom. The lowest BCUT2D eigenvalue weighted by molar-refractivity contribution is -0.117. The number of carbonyl (C=O) groups excluding carboxylic acids is 1. The van der Waals surface area contributed by atoms with Crippen LogP contribution in [0.15, 0.2) is 76.7 Å². The zero-order valence-electron chi connectivity index (χ0n) is 18.7. The van der Waals surface area contributed by atoms with E-state index in [4.69, 9.17) is 16.1 Å². The molecule has 0 aliphatic heterocycles. The van der Waals surface area contributed by atoms with Crippen LogP contribution in [0.25, 0.3) is 5.70 Å². The molecule has 0 aliphatic carbocycles. The molecule has 0 heterocycles. The number of anilines is 1. The van der Waals surface area contributed by atoms with Crippen LogP contribution < -0.4 is 22.0 Å². The minimum atomic E-state index is -0.303. The van der Waals surface area contributed by atoms with Crippen LogP contribution in [0, 0.1) is 5.41 Å². The molecular weight excluding hydrogens is 410 g/mol. The van der Waals surface area contributed by atoms with E-state index in [2.05, 4.69) is 44.1 Å². The Hall–Kier alpha value is -4.02. The summed E-state index contributed by atoms with van der Waals surface area (Å²) in [5, 5.41) is 13.1. The molecular formula is C22H29N7O3. The third-order valence-corrected chi connectivity index (χ3v) is 3.73. The van der Waals surface area contributed by atoms with E-state index in [1.165, 1.54) is 6.92 Å². The lowest BCUT2D eigenvalue weighted by Gasteiger charge is -2.11. The first-order valence-electron chi connectivity index (χ1n) is 9.50. The van der Waals surface area contributed by atoms with Gasteiger partial charge in [-0.25, -0.2) is 9.98 Å². The van der Waals surface area contributed by atoms with Crippen LogP contribution in [0.1, 0.15) is 26.3 Å². The summed E-state index contributed by atoms with van der Waals surface area (Å²) < 4.78 is 0. The van der Waals surface area contributed by atoms with Gasteiger partial charge in [0.1, 0.15) is 17.4 Å². The lowest BCUT2D eigenvalue weighted by atomic mass is 10.1. The molecule has 0 radical (unpaired) electrons. The molecule has 32 heavy (non-hydrogen) atoms. The average molecular weight is 440 g/mol. The second-order valence-electron chi connectivity index (χ2n) is 6.23. The molecule has 0 unspecified atom stereocenters. The highest BCUT2D eigenvalue weighted by molar-refractivity contribution is 6.18. The van der Waals surface area contributed by atoms with E-state index in [-0.39, 0.29) is 23.3 Å². The highest BCUT2D eigenvalue weighted by Gasteiger charge is 2.08. The Morgan fingerprint density at radius 1 is 1.19 bits per heavy atom. The summed E-state index contributed by atoms with van der Waals surface area (Å²) in [6.45, 7) is 12.3. The van der Waals surface area contributed by atoms with Crippen molar-refractivity contribution in [3.05, 3.63) is 72.3 Å². The van der Waals surface area contributed by atoms with Gasteiger partial charge in [0.25, 0.3) is 0 Å².